The smallest absolute Gasteiger partial charge is 0.322 e. The highest BCUT2D eigenvalue weighted by atomic mass is 19.1. The summed E-state index contributed by atoms with van der Waals surface area (Å²) in [6.07, 6.45) is 0. The van der Waals surface area contributed by atoms with Crippen molar-refractivity contribution in [1.82, 2.24) is 4.90 Å². The number of amides is 2. The number of nitrogens with zero attached hydrogens (tertiary/aromatic N) is 1. The zero-order chi connectivity index (χ0) is 13.7. The summed E-state index contributed by atoms with van der Waals surface area (Å²) in [5.74, 6) is -0.0984. The van der Waals surface area contributed by atoms with Gasteiger partial charge in [0.25, 0.3) is 0 Å². The third kappa shape index (κ3) is 3.33. The van der Waals surface area contributed by atoms with Crippen LogP contribution >= 0.6 is 0 Å². The SMILES string of the molecule is COc1ccc(F)cc1NC(=O)N(C)C(C)CO. The number of rotatable bonds is 4. The molecule has 18 heavy (non-hydrogen) atoms. The number of aliphatic hydroxyl groups excluding tert-OH is 1. The molecule has 0 aliphatic rings. The molecule has 6 heteroatoms. The Hall–Kier alpha value is -1.82. The largest absolute Gasteiger partial charge is 0.495 e. The third-order valence-corrected chi connectivity index (χ3v) is 2.65. The van der Waals surface area contributed by atoms with E-state index in [0.29, 0.717) is 5.75 Å². The Morgan fingerprint density at radius 2 is 2.28 bits per heavy atom. The van der Waals surface area contributed by atoms with E-state index in [4.69, 9.17) is 9.84 Å². The Kier molecular flexibility index (Phi) is 4.91. The lowest BCUT2D eigenvalue weighted by Crippen LogP contribution is -2.40. The summed E-state index contributed by atoms with van der Waals surface area (Å²) >= 11 is 0. The van der Waals surface area contributed by atoms with Gasteiger partial charge in [0.1, 0.15) is 11.6 Å². The van der Waals surface area contributed by atoms with Gasteiger partial charge < -0.3 is 20.1 Å². The molecule has 5 nitrogen and oxygen atoms in total. The molecule has 0 fully saturated rings. The Balaban J connectivity index is 2.84. The number of aliphatic hydroxyl groups is 1. The zero-order valence-corrected chi connectivity index (χ0v) is 10.6. The minimum absolute atomic E-state index is 0.149. The molecule has 0 aromatic heterocycles. The zero-order valence-electron chi connectivity index (χ0n) is 10.6. The molecule has 0 aliphatic heterocycles. The van der Waals surface area contributed by atoms with Crippen molar-refractivity contribution in [1.29, 1.82) is 0 Å². The van der Waals surface area contributed by atoms with Crippen molar-refractivity contribution < 1.29 is 19.0 Å². The Morgan fingerprint density at radius 3 is 2.83 bits per heavy atom. The van der Waals surface area contributed by atoms with E-state index in [1.54, 1.807) is 14.0 Å². The quantitative estimate of drug-likeness (QED) is 0.861. The van der Waals surface area contributed by atoms with Gasteiger partial charge in [-0.2, -0.15) is 0 Å². The van der Waals surface area contributed by atoms with E-state index in [1.165, 1.54) is 30.2 Å². The van der Waals surface area contributed by atoms with Gasteiger partial charge in [0.15, 0.2) is 0 Å². The molecular weight excluding hydrogens is 239 g/mol. The first-order chi connectivity index (χ1) is 8.49. The number of benzene rings is 1. The molecule has 1 rings (SSSR count). The molecule has 2 N–H and O–H groups in total. The van der Waals surface area contributed by atoms with Crippen LogP contribution in [0.4, 0.5) is 14.9 Å². The van der Waals surface area contributed by atoms with Crippen LogP contribution in [0.1, 0.15) is 6.92 Å². The Morgan fingerprint density at radius 1 is 1.61 bits per heavy atom. The predicted molar refractivity (Wildman–Crippen MR) is 66.3 cm³/mol. The van der Waals surface area contributed by atoms with Crippen LogP contribution in [-0.4, -0.2) is 42.8 Å². The first-order valence-corrected chi connectivity index (χ1v) is 5.47. The number of hydrogen-bond acceptors (Lipinski definition) is 3. The minimum Gasteiger partial charge on any atom is -0.495 e. The van der Waals surface area contributed by atoms with Crippen molar-refractivity contribution in [3.05, 3.63) is 24.0 Å². The second-order valence-electron chi connectivity index (χ2n) is 3.92. The van der Waals surface area contributed by atoms with E-state index in [9.17, 15) is 9.18 Å². The number of carbonyl (C=O) groups is 1. The number of anilines is 1. The van der Waals surface area contributed by atoms with Crippen LogP contribution in [0.15, 0.2) is 18.2 Å². The summed E-state index contributed by atoms with van der Waals surface area (Å²) in [5, 5.41) is 11.5. The normalized spacial score (nSPS) is 11.8. The van der Waals surface area contributed by atoms with Crippen LogP contribution in [0.25, 0.3) is 0 Å². The van der Waals surface area contributed by atoms with Crippen molar-refractivity contribution in [3.63, 3.8) is 0 Å². The molecule has 1 aromatic carbocycles. The second kappa shape index (κ2) is 6.20. The topological polar surface area (TPSA) is 61.8 Å². The second-order valence-corrected chi connectivity index (χ2v) is 3.92. The average Bonchev–Trinajstić information content (AvgIpc) is 2.37. The van der Waals surface area contributed by atoms with Crippen molar-refractivity contribution in [2.45, 2.75) is 13.0 Å². The van der Waals surface area contributed by atoms with E-state index in [2.05, 4.69) is 5.32 Å². The summed E-state index contributed by atoms with van der Waals surface area (Å²) in [6.45, 7) is 1.55. The molecule has 0 aliphatic carbocycles. The molecule has 2 amide bonds. The van der Waals surface area contributed by atoms with Crippen LogP contribution in [0.5, 0.6) is 5.75 Å². The van der Waals surface area contributed by atoms with Gasteiger partial charge in [-0.05, 0) is 19.1 Å². The number of urea groups is 1. The fourth-order valence-electron chi connectivity index (χ4n) is 1.30. The first kappa shape index (κ1) is 14.2. The van der Waals surface area contributed by atoms with Crippen LogP contribution in [0.2, 0.25) is 0 Å². The molecule has 0 saturated carbocycles. The van der Waals surface area contributed by atoms with Crippen molar-refractivity contribution in [3.8, 4) is 5.75 Å². The summed E-state index contributed by atoms with van der Waals surface area (Å²) < 4.78 is 18.1. The van der Waals surface area contributed by atoms with Gasteiger partial charge in [-0.15, -0.1) is 0 Å². The number of halogens is 1. The van der Waals surface area contributed by atoms with Gasteiger partial charge in [0, 0.05) is 13.1 Å². The number of methoxy groups -OCH3 is 1. The van der Waals surface area contributed by atoms with Gasteiger partial charge >= 0.3 is 6.03 Å². The number of carbonyl (C=O) groups excluding carboxylic acids is 1. The highest BCUT2D eigenvalue weighted by Crippen LogP contribution is 2.25. The molecule has 0 heterocycles. The highest BCUT2D eigenvalue weighted by Gasteiger charge is 2.16. The molecular formula is C12H17FN2O3. The minimum atomic E-state index is -0.469. The van der Waals surface area contributed by atoms with Gasteiger partial charge in [0.2, 0.25) is 0 Å². The molecule has 0 saturated heterocycles. The lowest BCUT2D eigenvalue weighted by Gasteiger charge is -2.23. The molecule has 1 atom stereocenters. The lowest BCUT2D eigenvalue weighted by atomic mass is 10.3. The third-order valence-electron chi connectivity index (χ3n) is 2.65. The Bertz CT molecular complexity index is 426. The number of ether oxygens (including phenoxy) is 1. The number of likely N-dealkylation sites (N-methyl/N-ethyl adjacent to an activating group) is 1. The highest BCUT2D eigenvalue weighted by molar-refractivity contribution is 5.91. The van der Waals surface area contributed by atoms with E-state index in [0.717, 1.165) is 0 Å². The van der Waals surface area contributed by atoms with Gasteiger partial charge in [-0.3, -0.25) is 0 Å². The molecule has 0 spiro atoms. The molecule has 1 unspecified atom stereocenters. The van der Waals surface area contributed by atoms with Gasteiger partial charge in [-0.1, -0.05) is 0 Å². The first-order valence-electron chi connectivity index (χ1n) is 5.47. The predicted octanol–water partition coefficient (Wildman–Crippen LogP) is 1.68. The summed E-state index contributed by atoms with van der Waals surface area (Å²) in [5.41, 5.74) is 0.250. The van der Waals surface area contributed by atoms with Crippen LogP contribution < -0.4 is 10.1 Å². The summed E-state index contributed by atoms with van der Waals surface area (Å²) in [4.78, 5) is 13.1. The van der Waals surface area contributed by atoms with E-state index < -0.39 is 11.8 Å². The van der Waals surface area contributed by atoms with E-state index >= 15 is 0 Å². The van der Waals surface area contributed by atoms with Crippen LogP contribution in [-0.2, 0) is 0 Å². The van der Waals surface area contributed by atoms with E-state index in [1.807, 2.05) is 0 Å². The van der Waals surface area contributed by atoms with Gasteiger partial charge in [0.05, 0.1) is 25.4 Å². The average molecular weight is 256 g/mol. The Labute approximate surface area is 105 Å². The van der Waals surface area contributed by atoms with E-state index in [-0.39, 0.29) is 18.3 Å². The number of hydrogen-bond donors (Lipinski definition) is 2. The fraction of sp³-hybridized carbons (Fsp3) is 0.417. The van der Waals surface area contributed by atoms with Crippen molar-refractivity contribution in [2.75, 3.05) is 26.1 Å². The fourth-order valence-corrected chi connectivity index (χ4v) is 1.30. The molecule has 0 bridgehead atoms. The maximum absolute atomic E-state index is 13.1. The van der Waals surface area contributed by atoms with Crippen molar-refractivity contribution in [2.24, 2.45) is 0 Å². The van der Waals surface area contributed by atoms with Crippen LogP contribution in [0, 0.1) is 5.82 Å². The molecule has 100 valence electrons. The monoisotopic (exact) mass is 256 g/mol. The lowest BCUT2D eigenvalue weighted by molar-refractivity contribution is 0.166. The molecule has 0 radical (unpaired) electrons. The standard InChI is InChI=1S/C12H17FN2O3/c1-8(7-16)15(2)12(17)14-10-6-9(13)4-5-11(10)18-3/h4-6,8,16H,7H2,1-3H3,(H,14,17). The number of nitrogens with one attached hydrogen (secondary N) is 1. The summed E-state index contributed by atoms with van der Waals surface area (Å²) in [7, 11) is 2.98. The maximum Gasteiger partial charge on any atom is 0.322 e. The summed E-state index contributed by atoms with van der Waals surface area (Å²) in [6, 6.07) is 3.08. The van der Waals surface area contributed by atoms with Gasteiger partial charge in [-0.25, -0.2) is 9.18 Å². The molecule has 1 aromatic rings. The van der Waals surface area contributed by atoms with Crippen LogP contribution in [0.3, 0.4) is 0 Å². The maximum atomic E-state index is 13.1. The van der Waals surface area contributed by atoms with Crippen molar-refractivity contribution >= 4 is 11.7 Å².